The van der Waals surface area contributed by atoms with E-state index in [4.69, 9.17) is 14.5 Å². The fourth-order valence-electron chi connectivity index (χ4n) is 9.03. The average molecular weight is 892 g/mol. The molecule has 334 valence electrons. The number of carbonyl (C=O) groups is 4. The summed E-state index contributed by atoms with van der Waals surface area (Å²) in [6.07, 6.45) is 4.24. The zero-order valence-electron chi connectivity index (χ0n) is 34.3. The Kier molecular flexibility index (Phi) is 11.3. The molecule has 0 spiro atoms. The molecule has 3 N–H and O–H groups in total. The standard InChI is InChI=1S/C44H48F3N7O8S/c45-44(46,47)27-17-20-33-32(21-27)38-48-35(26-11-5-4-6-12-26)23-37(54(38)51-33)61-30-22-36-39(55)50-43(41(57)52-63(59,60)31-18-19-31)24-28(43)13-7-2-1-3-8-16-34(40(56)53(36)25-30)49-42(58)62-29-14-9-10-15-29/h4-7,11-13,17,20-21,23,28-31,34,36H,1-3,8-10,14-16,18-19,22,24-25H2,(H,49,58)(H,50,55)(H,52,57)/b13-7-/t28-,30+,34-,36-,43+/m0/s1. The van der Waals surface area contributed by atoms with Crippen molar-refractivity contribution in [2.24, 2.45) is 5.92 Å². The van der Waals surface area contributed by atoms with Crippen molar-refractivity contribution in [2.45, 2.75) is 125 Å². The number of ether oxygens (including phenoxy) is 2. The number of benzene rings is 2. The predicted molar refractivity (Wildman–Crippen MR) is 222 cm³/mol. The molecule has 15 nitrogen and oxygen atoms in total. The van der Waals surface area contributed by atoms with Crippen molar-refractivity contribution < 1.29 is 50.2 Å². The zero-order valence-corrected chi connectivity index (χ0v) is 35.1. The van der Waals surface area contributed by atoms with Gasteiger partial charge in [0, 0.05) is 29.4 Å². The van der Waals surface area contributed by atoms with Crippen LogP contribution in [0.2, 0.25) is 0 Å². The van der Waals surface area contributed by atoms with Gasteiger partial charge in [-0.2, -0.15) is 22.8 Å². The SMILES string of the molecule is O=C(N[C@H]1CCCCC/C=C\[C@H]2C[C@@]2(C(=O)NS(=O)(=O)C2CC2)NC(=O)[C@@H]2C[C@@H](Oc3cc(-c4ccccc4)nc4c5cc(C(F)(F)F)ccc5nn34)CN2C1=O)OC1CCCC1. The highest BCUT2D eigenvalue weighted by atomic mass is 32.2. The van der Waals surface area contributed by atoms with Gasteiger partial charge in [0.25, 0.3) is 5.91 Å². The molecule has 4 aromatic rings. The molecule has 0 unspecified atom stereocenters. The molecule has 1 saturated heterocycles. The van der Waals surface area contributed by atoms with E-state index in [2.05, 4.69) is 20.5 Å². The van der Waals surface area contributed by atoms with Crippen molar-refractivity contribution in [1.29, 1.82) is 0 Å². The smallest absolute Gasteiger partial charge is 0.416 e. The van der Waals surface area contributed by atoms with E-state index in [-0.39, 0.29) is 54.3 Å². The van der Waals surface area contributed by atoms with Crippen molar-refractivity contribution >= 4 is 50.4 Å². The number of sulfonamides is 1. The van der Waals surface area contributed by atoms with Gasteiger partial charge in [0.2, 0.25) is 27.7 Å². The molecule has 2 aromatic heterocycles. The van der Waals surface area contributed by atoms with Crippen LogP contribution in [0.5, 0.6) is 5.88 Å². The number of alkyl carbamates (subject to hydrolysis) is 1. The minimum Gasteiger partial charge on any atom is -0.472 e. The minimum atomic E-state index is -4.63. The van der Waals surface area contributed by atoms with Crippen LogP contribution in [0.15, 0.2) is 66.7 Å². The number of amides is 4. The van der Waals surface area contributed by atoms with Crippen LogP contribution < -0.4 is 20.1 Å². The van der Waals surface area contributed by atoms with E-state index in [0.29, 0.717) is 43.4 Å². The van der Waals surface area contributed by atoms with E-state index in [0.717, 1.165) is 44.2 Å². The fraction of sp³-hybridized carbons (Fsp3) is 0.500. The third kappa shape index (κ3) is 8.93. The zero-order chi connectivity index (χ0) is 44.1. The lowest BCUT2D eigenvalue weighted by atomic mass is 10.0. The van der Waals surface area contributed by atoms with Crippen LogP contribution in [0.3, 0.4) is 0 Å². The molecule has 3 saturated carbocycles. The second-order valence-electron chi connectivity index (χ2n) is 17.3. The van der Waals surface area contributed by atoms with E-state index >= 15 is 0 Å². The molecule has 4 fully saturated rings. The van der Waals surface area contributed by atoms with Crippen molar-refractivity contribution in [3.8, 4) is 17.1 Å². The minimum absolute atomic E-state index is 0.0764. The molecular weight excluding hydrogens is 844 g/mol. The number of hydrogen-bond acceptors (Lipinski definition) is 10. The maximum absolute atomic E-state index is 14.8. The molecule has 2 aromatic carbocycles. The summed E-state index contributed by atoms with van der Waals surface area (Å²) < 4.78 is 83.4. The normalized spacial score (nSPS) is 26.6. The van der Waals surface area contributed by atoms with Crippen LogP contribution in [0.25, 0.3) is 27.8 Å². The van der Waals surface area contributed by atoms with Gasteiger partial charge in [-0.25, -0.2) is 18.2 Å². The number of nitrogens with zero attached hydrogens (tertiary/aromatic N) is 4. The Morgan fingerprint density at radius 1 is 0.921 bits per heavy atom. The first kappa shape index (κ1) is 42.6. The predicted octanol–water partition coefficient (Wildman–Crippen LogP) is 5.96. The van der Waals surface area contributed by atoms with Crippen LogP contribution in [-0.2, 0) is 35.3 Å². The van der Waals surface area contributed by atoms with Crippen molar-refractivity contribution in [2.75, 3.05) is 6.54 Å². The van der Waals surface area contributed by atoms with E-state index < -0.39 is 80.5 Å². The molecule has 0 bridgehead atoms. The lowest BCUT2D eigenvalue weighted by Crippen LogP contribution is -2.58. The summed E-state index contributed by atoms with van der Waals surface area (Å²) in [5, 5.41) is 9.61. The quantitative estimate of drug-likeness (QED) is 0.178. The Labute approximate surface area is 361 Å². The van der Waals surface area contributed by atoms with Gasteiger partial charge in [0.1, 0.15) is 29.8 Å². The average Bonchev–Trinajstić information content (AvgIpc) is 4.06. The molecule has 4 amide bonds. The highest BCUT2D eigenvalue weighted by molar-refractivity contribution is 7.91. The number of hydrogen-bond donors (Lipinski definition) is 3. The summed E-state index contributed by atoms with van der Waals surface area (Å²) in [5.41, 5.74) is -1.17. The third-order valence-electron chi connectivity index (χ3n) is 12.7. The molecule has 0 radical (unpaired) electrons. The summed E-state index contributed by atoms with van der Waals surface area (Å²) in [5.74, 6) is -2.58. The van der Waals surface area contributed by atoms with Gasteiger partial charge in [-0.1, -0.05) is 55.3 Å². The summed E-state index contributed by atoms with van der Waals surface area (Å²) in [7, 11) is -3.97. The van der Waals surface area contributed by atoms with Gasteiger partial charge in [0.15, 0.2) is 5.65 Å². The molecule has 4 heterocycles. The Hall–Kier alpha value is -5.72. The van der Waals surface area contributed by atoms with Crippen molar-refractivity contribution in [1.82, 2.24) is 34.9 Å². The number of aromatic nitrogens is 3. The van der Waals surface area contributed by atoms with Crippen LogP contribution >= 0.6 is 0 Å². The highest BCUT2D eigenvalue weighted by Crippen LogP contribution is 2.46. The van der Waals surface area contributed by atoms with Crippen LogP contribution in [0.1, 0.15) is 89.0 Å². The first-order chi connectivity index (χ1) is 30.2. The van der Waals surface area contributed by atoms with Crippen LogP contribution in [-0.4, -0.2) is 93.4 Å². The first-order valence-corrected chi connectivity index (χ1v) is 23.2. The number of fused-ring (bicyclic) bond motifs is 5. The molecule has 2 aliphatic heterocycles. The number of alkyl halides is 3. The van der Waals surface area contributed by atoms with Gasteiger partial charge in [0.05, 0.1) is 28.6 Å². The second-order valence-corrected chi connectivity index (χ2v) is 19.3. The molecular formula is C44H48F3N7O8S. The van der Waals surface area contributed by atoms with Crippen molar-refractivity contribution in [3.05, 3.63) is 72.3 Å². The van der Waals surface area contributed by atoms with Gasteiger partial charge in [-0.3, -0.25) is 19.1 Å². The van der Waals surface area contributed by atoms with E-state index in [1.54, 1.807) is 36.4 Å². The molecule has 5 aliphatic rings. The van der Waals surface area contributed by atoms with Gasteiger partial charge < -0.3 is 25.0 Å². The second kappa shape index (κ2) is 16.8. The van der Waals surface area contributed by atoms with E-state index in [1.807, 2.05) is 12.2 Å². The maximum Gasteiger partial charge on any atom is 0.416 e. The lowest BCUT2D eigenvalue weighted by Gasteiger charge is -2.30. The Balaban J connectivity index is 1.07. The summed E-state index contributed by atoms with van der Waals surface area (Å²) >= 11 is 0. The van der Waals surface area contributed by atoms with E-state index in [9.17, 15) is 40.8 Å². The fourth-order valence-corrected chi connectivity index (χ4v) is 10.4. The van der Waals surface area contributed by atoms with E-state index in [1.165, 1.54) is 15.5 Å². The van der Waals surface area contributed by atoms with Gasteiger partial charge in [-0.05, 0) is 82.4 Å². The Morgan fingerprint density at radius 2 is 1.68 bits per heavy atom. The summed E-state index contributed by atoms with van der Waals surface area (Å²) in [6, 6.07) is 11.3. The molecule has 19 heteroatoms. The molecule has 9 rings (SSSR count). The summed E-state index contributed by atoms with van der Waals surface area (Å²) in [4.78, 5) is 62.5. The topological polar surface area (TPSA) is 190 Å². The molecule has 5 atom stereocenters. The number of allylic oxidation sites excluding steroid dienone is 1. The third-order valence-corrected chi connectivity index (χ3v) is 14.6. The van der Waals surface area contributed by atoms with Gasteiger partial charge >= 0.3 is 12.3 Å². The van der Waals surface area contributed by atoms with Crippen LogP contribution in [0, 0.1) is 5.92 Å². The first-order valence-electron chi connectivity index (χ1n) is 21.6. The lowest BCUT2D eigenvalue weighted by molar-refractivity contribution is -0.141. The molecule has 3 aliphatic carbocycles. The maximum atomic E-state index is 14.8. The Morgan fingerprint density at radius 3 is 2.43 bits per heavy atom. The summed E-state index contributed by atoms with van der Waals surface area (Å²) in [6.45, 7) is -0.172. The highest BCUT2D eigenvalue weighted by Gasteiger charge is 2.62. The van der Waals surface area contributed by atoms with Gasteiger partial charge in [-0.15, -0.1) is 0 Å². The number of carbonyl (C=O) groups excluding carboxylic acids is 4. The largest absolute Gasteiger partial charge is 0.472 e. The van der Waals surface area contributed by atoms with Crippen LogP contribution in [0.4, 0.5) is 18.0 Å². The number of rotatable bonds is 8. The monoisotopic (exact) mass is 891 g/mol. The van der Waals surface area contributed by atoms with Crippen molar-refractivity contribution in [3.63, 3.8) is 0 Å². The Bertz CT molecular complexity index is 2580. The number of halogens is 3. The number of nitrogens with one attached hydrogen (secondary N) is 3. The molecule has 63 heavy (non-hydrogen) atoms.